The lowest BCUT2D eigenvalue weighted by atomic mass is 9.63. The van der Waals surface area contributed by atoms with Crippen molar-refractivity contribution in [3.8, 4) is 5.75 Å². The summed E-state index contributed by atoms with van der Waals surface area (Å²) in [5.74, 6) is -0.654. The number of halogens is 2. The number of hydrogen-bond donors (Lipinski definition) is 1. The predicted octanol–water partition coefficient (Wildman–Crippen LogP) is 5.39. The van der Waals surface area contributed by atoms with Gasteiger partial charge < -0.3 is 15.4 Å². The molecule has 6 nitrogen and oxygen atoms in total. The third-order valence-corrected chi connectivity index (χ3v) is 7.93. The zero-order valence-electron chi connectivity index (χ0n) is 20.2. The molecule has 8 heteroatoms. The molecular formula is C26H30Br2N2O4. The van der Waals surface area contributed by atoms with Crippen molar-refractivity contribution in [2.24, 2.45) is 16.6 Å². The summed E-state index contributed by atoms with van der Waals surface area (Å²) in [6, 6.07) is 3.70. The van der Waals surface area contributed by atoms with Gasteiger partial charge in [-0.3, -0.25) is 14.4 Å². The first kappa shape index (κ1) is 25.2. The number of allylic oxidation sites excluding steroid dienone is 4. The summed E-state index contributed by atoms with van der Waals surface area (Å²) in [6.45, 7) is 8.12. The number of ether oxygens (including phenoxy) is 1. The van der Waals surface area contributed by atoms with Crippen LogP contribution in [-0.2, 0) is 14.4 Å². The van der Waals surface area contributed by atoms with Crippen LogP contribution in [0.1, 0.15) is 64.9 Å². The lowest BCUT2D eigenvalue weighted by molar-refractivity contribution is -0.121. The molecule has 0 saturated carbocycles. The molecule has 1 heterocycles. The van der Waals surface area contributed by atoms with Gasteiger partial charge in [0.2, 0.25) is 0 Å². The maximum absolute atomic E-state index is 13.7. The van der Waals surface area contributed by atoms with Gasteiger partial charge in [-0.25, -0.2) is 0 Å². The van der Waals surface area contributed by atoms with Gasteiger partial charge in [0.25, 0.3) is 5.91 Å². The third kappa shape index (κ3) is 4.51. The van der Waals surface area contributed by atoms with Crippen LogP contribution < -0.4 is 10.5 Å². The summed E-state index contributed by atoms with van der Waals surface area (Å²) in [4.78, 5) is 41.0. The Kier molecular flexibility index (Phi) is 6.39. The lowest BCUT2D eigenvalue weighted by Crippen LogP contribution is -2.43. The van der Waals surface area contributed by atoms with Crippen LogP contribution >= 0.6 is 31.9 Å². The second-order valence-corrected chi connectivity index (χ2v) is 12.9. The molecule has 0 aromatic heterocycles. The standard InChI is InChI=1S/C26H30Br2N2O4/c1-25(2)8-16-22(18(31)10-25)21(23-17(30(16)5)9-26(3,4)11-19(23)32)14-6-13(27)7-15(28)24(14)34-12-20(29)33/h6-7,21H,8-12H2,1-5H3,(H2,29,33). The van der Waals surface area contributed by atoms with Crippen LogP contribution in [0.2, 0.25) is 0 Å². The van der Waals surface area contributed by atoms with Crippen molar-refractivity contribution in [2.75, 3.05) is 13.7 Å². The molecule has 182 valence electrons. The molecular weight excluding hydrogens is 564 g/mol. The number of benzene rings is 1. The van der Waals surface area contributed by atoms with Gasteiger partial charge in [0.05, 0.1) is 4.47 Å². The molecule has 1 aromatic carbocycles. The molecule has 1 amide bonds. The van der Waals surface area contributed by atoms with Crippen molar-refractivity contribution in [1.82, 2.24) is 4.90 Å². The maximum Gasteiger partial charge on any atom is 0.255 e. The van der Waals surface area contributed by atoms with E-state index in [1.807, 2.05) is 19.2 Å². The van der Waals surface area contributed by atoms with Crippen molar-refractivity contribution in [3.05, 3.63) is 49.2 Å². The van der Waals surface area contributed by atoms with E-state index in [0.717, 1.165) is 28.7 Å². The number of rotatable bonds is 4. The molecule has 0 bridgehead atoms. The fourth-order valence-electron chi connectivity index (χ4n) is 5.57. The average Bonchev–Trinajstić information content (AvgIpc) is 2.66. The molecule has 1 aliphatic heterocycles. The van der Waals surface area contributed by atoms with Gasteiger partial charge in [-0.1, -0.05) is 43.6 Å². The van der Waals surface area contributed by atoms with E-state index in [4.69, 9.17) is 10.5 Å². The number of hydrogen-bond acceptors (Lipinski definition) is 5. The first-order valence-corrected chi connectivity index (χ1v) is 13.0. The third-order valence-electron chi connectivity index (χ3n) is 6.89. The Labute approximate surface area is 217 Å². The van der Waals surface area contributed by atoms with Crippen molar-refractivity contribution in [3.63, 3.8) is 0 Å². The summed E-state index contributed by atoms with van der Waals surface area (Å²) in [5.41, 5.74) is 8.93. The molecule has 0 saturated heterocycles. The molecule has 34 heavy (non-hydrogen) atoms. The minimum Gasteiger partial charge on any atom is -0.482 e. The normalized spacial score (nSPS) is 22.0. The highest BCUT2D eigenvalue weighted by Crippen LogP contribution is 2.55. The van der Waals surface area contributed by atoms with E-state index in [2.05, 4.69) is 64.5 Å². The van der Waals surface area contributed by atoms with Gasteiger partial charge in [-0.15, -0.1) is 0 Å². The molecule has 0 atom stereocenters. The number of ketones is 2. The van der Waals surface area contributed by atoms with E-state index < -0.39 is 11.8 Å². The minimum atomic E-state index is -0.602. The molecule has 3 aliphatic rings. The quantitative estimate of drug-likeness (QED) is 0.505. The zero-order chi connectivity index (χ0) is 25.2. The van der Waals surface area contributed by atoms with Crippen LogP contribution in [0.3, 0.4) is 0 Å². The van der Waals surface area contributed by atoms with Crippen molar-refractivity contribution in [1.29, 1.82) is 0 Å². The Morgan fingerprint density at radius 2 is 1.50 bits per heavy atom. The highest BCUT2D eigenvalue weighted by atomic mass is 79.9. The largest absolute Gasteiger partial charge is 0.482 e. The number of carbonyl (C=O) groups excluding carboxylic acids is 3. The van der Waals surface area contributed by atoms with Crippen LogP contribution in [0, 0.1) is 10.8 Å². The van der Waals surface area contributed by atoms with E-state index >= 15 is 0 Å². The first-order chi connectivity index (χ1) is 15.7. The monoisotopic (exact) mass is 592 g/mol. The van der Waals surface area contributed by atoms with Gasteiger partial charge >= 0.3 is 0 Å². The van der Waals surface area contributed by atoms with Gasteiger partial charge in [-0.05, 0) is 51.7 Å². The van der Waals surface area contributed by atoms with Crippen LogP contribution in [0.25, 0.3) is 0 Å². The van der Waals surface area contributed by atoms with Gasteiger partial charge in [0, 0.05) is 58.4 Å². The van der Waals surface area contributed by atoms with E-state index in [1.54, 1.807) is 0 Å². The number of nitrogens with two attached hydrogens (primary N) is 1. The van der Waals surface area contributed by atoms with Crippen LogP contribution in [0.15, 0.2) is 43.6 Å². The molecule has 0 unspecified atom stereocenters. The number of carbonyl (C=O) groups is 3. The fraction of sp³-hybridized carbons (Fsp3) is 0.500. The lowest BCUT2D eigenvalue weighted by Gasteiger charge is -2.48. The molecule has 1 aromatic rings. The van der Waals surface area contributed by atoms with E-state index in [9.17, 15) is 14.4 Å². The van der Waals surface area contributed by atoms with Crippen molar-refractivity contribution in [2.45, 2.75) is 59.3 Å². The molecule has 0 spiro atoms. The number of primary amides is 1. The summed E-state index contributed by atoms with van der Waals surface area (Å²) in [6.07, 6.45) is 2.29. The smallest absolute Gasteiger partial charge is 0.255 e. The summed E-state index contributed by atoms with van der Waals surface area (Å²) in [7, 11) is 1.98. The van der Waals surface area contributed by atoms with E-state index in [1.165, 1.54) is 0 Å². The summed E-state index contributed by atoms with van der Waals surface area (Å²) < 4.78 is 7.25. The van der Waals surface area contributed by atoms with Gasteiger partial charge in [0.15, 0.2) is 18.2 Å². The number of Topliss-reactive ketones (excluding diaryl/α,β-unsaturated/α-hetero) is 2. The second kappa shape index (κ2) is 8.63. The molecule has 4 rings (SSSR count). The Bertz CT molecular complexity index is 1130. The highest BCUT2D eigenvalue weighted by molar-refractivity contribution is 9.11. The molecule has 0 radical (unpaired) electrons. The summed E-state index contributed by atoms with van der Waals surface area (Å²) in [5, 5.41) is 0. The summed E-state index contributed by atoms with van der Waals surface area (Å²) >= 11 is 7.11. The maximum atomic E-state index is 13.7. The van der Waals surface area contributed by atoms with Gasteiger partial charge in [0.1, 0.15) is 5.75 Å². The SMILES string of the molecule is CN1C2=C(C(=O)CC(C)(C)C2)C(c2cc(Br)cc(Br)c2OCC(N)=O)C2=C1CC(C)(C)CC2=O. The second-order valence-electron chi connectivity index (χ2n) is 11.2. The first-order valence-electron chi connectivity index (χ1n) is 11.4. The molecule has 2 N–H and O–H groups in total. The molecule has 0 fully saturated rings. The Morgan fingerprint density at radius 3 is 1.97 bits per heavy atom. The average molecular weight is 594 g/mol. The van der Waals surface area contributed by atoms with Crippen molar-refractivity contribution < 1.29 is 19.1 Å². The number of nitrogens with zero attached hydrogens (tertiary/aromatic N) is 1. The minimum absolute atomic E-state index is 0.0456. The predicted molar refractivity (Wildman–Crippen MR) is 137 cm³/mol. The van der Waals surface area contributed by atoms with Crippen LogP contribution in [-0.4, -0.2) is 36.0 Å². The highest BCUT2D eigenvalue weighted by Gasteiger charge is 2.49. The van der Waals surface area contributed by atoms with Crippen LogP contribution in [0.4, 0.5) is 0 Å². The van der Waals surface area contributed by atoms with Gasteiger partial charge in [-0.2, -0.15) is 0 Å². The van der Waals surface area contributed by atoms with E-state index in [-0.39, 0.29) is 29.0 Å². The van der Waals surface area contributed by atoms with Crippen molar-refractivity contribution >= 4 is 49.3 Å². The Morgan fingerprint density at radius 1 is 1.00 bits per heavy atom. The topological polar surface area (TPSA) is 89.7 Å². The Balaban J connectivity index is 2.01. The fourth-order valence-corrected chi connectivity index (χ4v) is 6.94. The Hall–Kier alpha value is -1.93. The molecule has 2 aliphatic carbocycles. The van der Waals surface area contributed by atoms with Crippen LogP contribution in [0.5, 0.6) is 5.75 Å². The number of amides is 1. The zero-order valence-corrected chi connectivity index (χ0v) is 23.4. The van der Waals surface area contributed by atoms with E-state index in [0.29, 0.717) is 39.8 Å².